The van der Waals surface area contributed by atoms with Crippen LogP contribution in [-0.2, 0) is 10.0 Å². The van der Waals surface area contributed by atoms with Gasteiger partial charge in [0.1, 0.15) is 0 Å². The van der Waals surface area contributed by atoms with Crippen LogP contribution in [0.3, 0.4) is 0 Å². The van der Waals surface area contributed by atoms with E-state index < -0.39 is 10.0 Å². The third-order valence-electron chi connectivity index (χ3n) is 3.76. The van der Waals surface area contributed by atoms with Crippen LogP contribution in [0.25, 0.3) is 10.8 Å². The second kappa shape index (κ2) is 8.64. The van der Waals surface area contributed by atoms with Crippen molar-refractivity contribution in [2.45, 2.75) is 30.6 Å². The van der Waals surface area contributed by atoms with E-state index in [1.54, 1.807) is 30.3 Å². The molecule has 0 heterocycles. The number of benzene rings is 2. The molecule has 0 saturated carbocycles. The van der Waals surface area contributed by atoms with Crippen LogP contribution in [0.2, 0.25) is 5.02 Å². The summed E-state index contributed by atoms with van der Waals surface area (Å²) >= 11 is 6.15. The zero-order chi connectivity index (χ0) is 16.7. The van der Waals surface area contributed by atoms with Gasteiger partial charge in [-0.2, -0.15) is 0 Å². The molecule has 126 valence electrons. The third-order valence-corrected chi connectivity index (χ3v) is 5.61. The molecule has 0 aliphatic rings. The summed E-state index contributed by atoms with van der Waals surface area (Å²) in [6.07, 6.45) is 4.08. The average molecular weight is 355 g/mol. The molecule has 4 nitrogen and oxygen atoms in total. The predicted molar refractivity (Wildman–Crippen MR) is 96.5 cm³/mol. The van der Waals surface area contributed by atoms with E-state index in [-0.39, 0.29) is 4.90 Å². The van der Waals surface area contributed by atoms with Gasteiger partial charge >= 0.3 is 0 Å². The van der Waals surface area contributed by atoms with E-state index in [0.29, 0.717) is 17.0 Å². The van der Waals surface area contributed by atoms with Crippen molar-refractivity contribution in [3.05, 3.63) is 41.4 Å². The number of fused-ring (bicyclic) bond motifs is 1. The van der Waals surface area contributed by atoms with Crippen LogP contribution in [0.1, 0.15) is 25.7 Å². The summed E-state index contributed by atoms with van der Waals surface area (Å²) < 4.78 is 27.7. The van der Waals surface area contributed by atoms with Gasteiger partial charge in [-0.1, -0.05) is 48.7 Å². The summed E-state index contributed by atoms with van der Waals surface area (Å²) in [4.78, 5) is 0.285. The number of hydrogen-bond donors (Lipinski definition) is 2. The summed E-state index contributed by atoms with van der Waals surface area (Å²) in [6.45, 7) is 1.46. The van der Waals surface area contributed by atoms with Crippen LogP contribution in [0.4, 0.5) is 0 Å². The van der Waals surface area contributed by atoms with Gasteiger partial charge in [-0.05, 0) is 38.6 Å². The van der Waals surface area contributed by atoms with E-state index in [9.17, 15) is 8.42 Å². The van der Waals surface area contributed by atoms with E-state index in [1.807, 2.05) is 13.1 Å². The second-order valence-electron chi connectivity index (χ2n) is 5.51. The van der Waals surface area contributed by atoms with Crippen molar-refractivity contribution in [3.8, 4) is 0 Å². The quantitative estimate of drug-likeness (QED) is 0.677. The fraction of sp³-hybridized carbons (Fsp3) is 0.412. The van der Waals surface area contributed by atoms with Gasteiger partial charge in [0.15, 0.2) is 0 Å². The molecule has 0 saturated heterocycles. The molecule has 6 heteroatoms. The summed E-state index contributed by atoms with van der Waals surface area (Å²) in [5.41, 5.74) is 0. The summed E-state index contributed by atoms with van der Waals surface area (Å²) in [6, 6.07) is 10.5. The van der Waals surface area contributed by atoms with E-state index in [0.717, 1.165) is 37.6 Å². The maximum Gasteiger partial charge on any atom is 0.241 e. The second-order valence-corrected chi connectivity index (χ2v) is 7.65. The highest BCUT2D eigenvalue weighted by Crippen LogP contribution is 2.28. The Morgan fingerprint density at radius 1 is 0.913 bits per heavy atom. The van der Waals surface area contributed by atoms with Crippen LogP contribution in [0.5, 0.6) is 0 Å². The first-order valence-electron chi connectivity index (χ1n) is 7.88. The number of sulfonamides is 1. The van der Waals surface area contributed by atoms with Crippen molar-refractivity contribution >= 4 is 32.4 Å². The Balaban J connectivity index is 2.02. The molecule has 0 spiro atoms. The zero-order valence-electron chi connectivity index (χ0n) is 13.3. The smallest absolute Gasteiger partial charge is 0.241 e. The van der Waals surface area contributed by atoms with Crippen LogP contribution < -0.4 is 10.0 Å². The van der Waals surface area contributed by atoms with E-state index >= 15 is 0 Å². The molecular formula is C17H23ClN2O2S. The lowest BCUT2D eigenvalue weighted by Crippen LogP contribution is -2.25. The van der Waals surface area contributed by atoms with Crippen molar-refractivity contribution in [2.75, 3.05) is 20.1 Å². The van der Waals surface area contributed by atoms with Crippen LogP contribution >= 0.6 is 11.6 Å². The van der Waals surface area contributed by atoms with Crippen molar-refractivity contribution < 1.29 is 8.42 Å². The average Bonchev–Trinajstić information content (AvgIpc) is 2.54. The van der Waals surface area contributed by atoms with Gasteiger partial charge in [0.25, 0.3) is 0 Å². The minimum Gasteiger partial charge on any atom is -0.320 e. The predicted octanol–water partition coefficient (Wildman–Crippen LogP) is 3.55. The molecule has 0 fully saturated rings. The zero-order valence-corrected chi connectivity index (χ0v) is 14.9. The number of nitrogens with one attached hydrogen (secondary N) is 2. The normalized spacial score (nSPS) is 11.9. The lowest BCUT2D eigenvalue weighted by atomic mass is 10.1. The van der Waals surface area contributed by atoms with Crippen LogP contribution in [0.15, 0.2) is 41.3 Å². The van der Waals surface area contributed by atoms with Crippen molar-refractivity contribution in [2.24, 2.45) is 0 Å². The Morgan fingerprint density at radius 3 is 2.30 bits per heavy atom. The molecular weight excluding hydrogens is 332 g/mol. The van der Waals surface area contributed by atoms with Gasteiger partial charge in [0, 0.05) is 22.3 Å². The molecule has 2 aromatic rings. The molecule has 0 aliphatic heterocycles. The van der Waals surface area contributed by atoms with Crippen LogP contribution in [0, 0.1) is 0 Å². The van der Waals surface area contributed by atoms with Crippen molar-refractivity contribution in [1.82, 2.24) is 10.0 Å². The molecule has 0 radical (unpaired) electrons. The molecule has 0 aromatic heterocycles. The first-order valence-corrected chi connectivity index (χ1v) is 9.74. The highest BCUT2D eigenvalue weighted by atomic mass is 35.5. The summed E-state index contributed by atoms with van der Waals surface area (Å²) in [5.74, 6) is 0. The first kappa shape index (κ1) is 18.2. The highest BCUT2D eigenvalue weighted by Gasteiger charge is 2.17. The molecule has 2 N–H and O–H groups in total. The van der Waals surface area contributed by atoms with Gasteiger partial charge < -0.3 is 5.32 Å². The molecule has 0 amide bonds. The molecule has 23 heavy (non-hydrogen) atoms. The Labute approximate surface area is 143 Å². The lowest BCUT2D eigenvalue weighted by molar-refractivity contribution is 0.570. The summed E-state index contributed by atoms with van der Waals surface area (Å²) in [5, 5.41) is 5.07. The van der Waals surface area contributed by atoms with Gasteiger partial charge in [-0.15, -0.1) is 0 Å². The molecule has 2 aromatic carbocycles. The Hall–Kier alpha value is -1.14. The van der Waals surface area contributed by atoms with Gasteiger partial charge in [0.05, 0.1) is 4.90 Å². The van der Waals surface area contributed by atoms with Gasteiger partial charge in [-0.3, -0.25) is 0 Å². The Morgan fingerprint density at radius 2 is 1.57 bits per heavy atom. The maximum absolute atomic E-state index is 12.5. The number of halogens is 1. The molecule has 0 aliphatic carbocycles. The minimum absolute atomic E-state index is 0.285. The maximum atomic E-state index is 12.5. The van der Waals surface area contributed by atoms with E-state index in [1.165, 1.54) is 0 Å². The highest BCUT2D eigenvalue weighted by molar-refractivity contribution is 7.89. The lowest BCUT2D eigenvalue weighted by Gasteiger charge is -2.10. The van der Waals surface area contributed by atoms with Crippen molar-refractivity contribution in [1.29, 1.82) is 0 Å². The third kappa shape index (κ3) is 4.91. The SMILES string of the molecule is CNCCCCCCNS(=O)(=O)c1cccc2c(Cl)cccc12. The van der Waals surface area contributed by atoms with E-state index in [2.05, 4.69) is 10.0 Å². The monoisotopic (exact) mass is 354 g/mol. The molecule has 2 rings (SSSR count). The Bertz CT molecular complexity index is 747. The van der Waals surface area contributed by atoms with Crippen molar-refractivity contribution in [3.63, 3.8) is 0 Å². The minimum atomic E-state index is -3.52. The fourth-order valence-electron chi connectivity index (χ4n) is 2.54. The van der Waals surface area contributed by atoms with Crippen LogP contribution in [-0.4, -0.2) is 28.6 Å². The van der Waals surface area contributed by atoms with Gasteiger partial charge in [-0.25, -0.2) is 13.1 Å². The molecule has 0 bridgehead atoms. The Kier molecular flexibility index (Phi) is 6.84. The number of unbranched alkanes of at least 4 members (excludes halogenated alkanes) is 3. The number of rotatable bonds is 9. The fourth-order valence-corrected chi connectivity index (χ4v) is 4.07. The largest absolute Gasteiger partial charge is 0.320 e. The first-order chi connectivity index (χ1) is 11.1. The summed E-state index contributed by atoms with van der Waals surface area (Å²) in [7, 11) is -1.59. The topological polar surface area (TPSA) is 58.2 Å². The molecule has 0 unspecified atom stereocenters. The van der Waals surface area contributed by atoms with E-state index in [4.69, 9.17) is 11.6 Å². The molecule has 0 atom stereocenters. The van der Waals surface area contributed by atoms with Gasteiger partial charge in [0.2, 0.25) is 10.0 Å². The standard InChI is InChI=1S/C17H23ClN2O2S/c1-19-12-4-2-3-5-13-20-23(21,22)17-11-7-8-14-15(17)9-6-10-16(14)18/h6-11,19-20H,2-5,12-13H2,1H3. The number of hydrogen-bond acceptors (Lipinski definition) is 3.